The first-order chi connectivity index (χ1) is 11.3. The molecule has 1 aliphatic carbocycles. The Labute approximate surface area is 142 Å². The van der Waals surface area contributed by atoms with Gasteiger partial charge in [0.05, 0.1) is 5.56 Å². The van der Waals surface area contributed by atoms with Crippen molar-refractivity contribution in [3.63, 3.8) is 0 Å². The smallest absolute Gasteiger partial charge is 0.258 e. The van der Waals surface area contributed by atoms with Gasteiger partial charge in [-0.15, -0.1) is 21.5 Å². The number of thiophene rings is 1. The monoisotopic (exact) mass is 343 g/mol. The van der Waals surface area contributed by atoms with Gasteiger partial charge in [0.2, 0.25) is 5.13 Å². The lowest BCUT2D eigenvalue weighted by Gasteiger charge is -2.18. The van der Waals surface area contributed by atoms with Crippen molar-refractivity contribution < 1.29 is 4.79 Å². The van der Waals surface area contributed by atoms with Crippen molar-refractivity contribution >= 4 is 43.8 Å². The number of carbonyl (C=O) groups excluding carboxylic acids is 1. The number of anilines is 1. The summed E-state index contributed by atoms with van der Waals surface area (Å²) in [4.78, 5) is 12.5. The first kappa shape index (κ1) is 14.8. The third-order valence-electron chi connectivity index (χ3n) is 4.34. The molecule has 1 aliphatic rings. The zero-order chi connectivity index (χ0) is 15.6. The van der Waals surface area contributed by atoms with Gasteiger partial charge >= 0.3 is 0 Å². The van der Waals surface area contributed by atoms with Gasteiger partial charge in [-0.3, -0.25) is 10.1 Å². The Balaban J connectivity index is 1.51. The van der Waals surface area contributed by atoms with Gasteiger partial charge in [0, 0.05) is 21.4 Å². The molecular weight excluding hydrogens is 326 g/mol. The summed E-state index contributed by atoms with van der Waals surface area (Å²) in [6.45, 7) is 0. The van der Waals surface area contributed by atoms with E-state index in [-0.39, 0.29) is 5.91 Å². The number of hydrogen-bond acceptors (Lipinski definition) is 5. The van der Waals surface area contributed by atoms with E-state index < -0.39 is 0 Å². The molecule has 0 bridgehead atoms. The second kappa shape index (κ2) is 6.37. The summed E-state index contributed by atoms with van der Waals surface area (Å²) in [6.07, 6.45) is 6.25. The van der Waals surface area contributed by atoms with Crippen molar-refractivity contribution in [2.24, 2.45) is 0 Å². The van der Waals surface area contributed by atoms with Crippen LogP contribution in [0.1, 0.15) is 53.4 Å². The molecule has 0 atom stereocenters. The van der Waals surface area contributed by atoms with Gasteiger partial charge in [-0.2, -0.15) is 0 Å². The molecule has 0 saturated heterocycles. The number of nitrogens with zero attached hydrogens (tertiary/aromatic N) is 2. The van der Waals surface area contributed by atoms with Crippen molar-refractivity contribution in [1.29, 1.82) is 0 Å². The highest BCUT2D eigenvalue weighted by Gasteiger charge is 2.21. The topological polar surface area (TPSA) is 54.9 Å². The summed E-state index contributed by atoms with van der Waals surface area (Å²) < 4.78 is 1.12. The summed E-state index contributed by atoms with van der Waals surface area (Å²) in [6, 6.07) is 7.96. The lowest BCUT2D eigenvalue weighted by Crippen LogP contribution is -2.10. The highest BCUT2D eigenvalue weighted by atomic mass is 32.1. The van der Waals surface area contributed by atoms with E-state index in [1.54, 1.807) is 11.3 Å². The van der Waals surface area contributed by atoms with Gasteiger partial charge in [0.15, 0.2) is 0 Å². The van der Waals surface area contributed by atoms with Crippen LogP contribution < -0.4 is 5.32 Å². The largest absolute Gasteiger partial charge is 0.296 e. The molecule has 1 saturated carbocycles. The molecule has 0 unspecified atom stereocenters. The number of benzene rings is 1. The maximum absolute atomic E-state index is 12.5. The molecule has 1 aromatic carbocycles. The minimum Gasteiger partial charge on any atom is -0.296 e. The third kappa shape index (κ3) is 3.01. The van der Waals surface area contributed by atoms with Crippen LogP contribution in [0.2, 0.25) is 0 Å². The van der Waals surface area contributed by atoms with Crippen LogP contribution in [0.15, 0.2) is 29.6 Å². The summed E-state index contributed by atoms with van der Waals surface area (Å²) in [5.41, 5.74) is 0.708. The fourth-order valence-electron chi connectivity index (χ4n) is 3.12. The highest BCUT2D eigenvalue weighted by molar-refractivity contribution is 7.17. The van der Waals surface area contributed by atoms with E-state index in [0.717, 1.165) is 15.1 Å². The summed E-state index contributed by atoms with van der Waals surface area (Å²) in [5, 5.41) is 15.9. The van der Waals surface area contributed by atoms with Gasteiger partial charge < -0.3 is 0 Å². The quantitative estimate of drug-likeness (QED) is 0.724. The molecular formula is C17H17N3OS2. The first-order valence-electron chi connectivity index (χ1n) is 7.92. The number of nitrogens with one attached hydrogen (secondary N) is 1. The van der Waals surface area contributed by atoms with Crippen LogP contribution in [0.5, 0.6) is 0 Å². The average Bonchev–Trinajstić information content (AvgIpc) is 3.22. The van der Waals surface area contributed by atoms with Crippen LogP contribution in [0.4, 0.5) is 5.13 Å². The maximum atomic E-state index is 12.5. The number of hydrogen-bond donors (Lipinski definition) is 1. The number of amides is 1. The summed E-state index contributed by atoms with van der Waals surface area (Å²) in [7, 11) is 0. The molecule has 1 fully saturated rings. The Kier molecular flexibility index (Phi) is 4.10. The van der Waals surface area contributed by atoms with E-state index >= 15 is 0 Å². The molecule has 23 heavy (non-hydrogen) atoms. The SMILES string of the molecule is O=C(Nc1nnc(C2CCCCC2)s1)c1csc2ccccc12. The molecule has 0 spiro atoms. The highest BCUT2D eigenvalue weighted by Crippen LogP contribution is 2.35. The van der Waals surface area contributed by atoms with Crippen molar-refractivity contribution in [2.75, 3.05) is 5.32 Å². The van der Waals surface area contributed by atoms with Crippen LogP contribution in [0, 0.1) is 0 Å². The summed E-state index contributed by atoms with van der Waals surface area (Å²) in [5.74, 6) is 0.419. The zero-order valence-electron chi connectivity index (χ0n) is 12.6. The average molecular weight is 343 g/mol. The van der Waals surface area contributed by atoms with Crippen LogP contribution in [-0.2, 0) is 0 Å². The number of carbonyl (C=O) groups is 1. The molecule has 1 amide bonds. The Morgan fingerprint density at radius 1 is 1.13 bits per heavy atom. The molecule has 0 radical (unpaired) electrons. The van der Waals surface area contributed by atoms with Crippen LogP contribution in [-0.4, -0.2) is 16.1 Å². The van der Waals surface area contributed by atoms with E-state index in [4.69, 9.17) is 0 Å². The number of fused-ring (bicyclic) bond motifs is 1. The fraction of sp³-hybridized carbons (Fsp3) is 0.353. The second-order valence-corrected chi connectivity index (χ2v) is 7.80. The Bertz CT molecular complexity index is 833. The van der Waals surface area contributed by atoms with Gasteiger partial charge in [0.25, 0.3) is 5.91 Å². The van der Waals surface area contributed by atoms with E-state index in [1.165, 1.54) is 43.4 Å². The van der Waals surface area contributed by atoms with Crippen molar-refractivity contribution in [1.82, 2.24) is 10.2 Å². The van der Waals surface area contributed by atoms with Gasteiger partial charge in [-0.25, -0.2) is 0 Å². The Morgan fingerprint density at radius 3 is 2.83 bits per heavy atom. The molecule has 118 valence electrons. The van der Waals surface area contributed by atoms with E-state index in [9.17, 15) is 4.79 Å². The summed E-state index contributed by atoms with van der Waals surface area (Å²) >= 11 is 3.11. The van der Waals surface area contributed by atoms with Crippen molar-refractivity contribution in [3.05, 3.63) is 40.2 Å². The predicted octanol–water partition coefficient (Wildman–Crippen LogP) is 5.05. The maximum Gasteiger partial charge on any atom is 0.258 e. The van der Waals surface area contributed by atoms with Crippen LogP contribution in [0.3, 0.4) is 0 Å². The molecule has 6 heteroatoms. The van der Waals surface area contributed by atoms with Crippen molar-refractivity contribution in [2.45, 2.75) is 38.0 Å². The van der Waals surface area contributed by atoms with Crippen LogP contribution in [0.25, 0.3) is 10.1 Å². The minimum absolute atomic E-state index is 0.103. The Hall–Kier alpha value is -1.79. The molecule has 4 rings (SSSR count). The van der Waals surface area contributed by atoms with Crippen molar-refractivity contribution in [3.8, 4) is 0 Å². The van der Waals surface area contributed by atoms with E-state index in [0.29, 0.717) is 16.6 Å². The predicted molar refractivity (Wildman–Crippen MR) is 95.5 cm³/mol. The molecule has 2 heterocycles. The fourth-order valence-corrected chi connectivity index (χ4v) is 4.97. The zero-order valence-corrected chi connectivity index (χ0v) is 14.3. The lowest BCUT2D eigenvalue weighted by atomic mass is 9.90. The van der Waals surface area contributed by atoms with E-state index in [2.05, 4.69) is 15.5 Å². The number of aromatic nitrogens is 2. The van der Waals surface area contributed by atoms with Gasteiger partial charge in [0.1, 0.15) is 5.01 Å². The van der Waals surface area contributed by atoms with Gasteiger partial charge in [-0.05, 0) is 18.9 Å². The number of rotatable bonds is 3. The first-order valence-corrected chi connectivity index (χ1v) is 9.62. The molecule has 1 N–H and O–H groups in total. The minimum atomic E-state index is -0.103. The Morgan fingerprint density at radius 2 is 1.96 bits per heavy atom. The molecule has 0 aliphatic heterocycles. The third-order valence-corrected chi connectivity index (χ3v) is 6.31. The second-order valence-electron chi connectivity index (χ2n) is 5.88. The molecule has 2 aromatic heterocycles. The lowest BCUT2D eigenvalue weighted by molar-refractivity contribution is 0.102. The van der Waals surface area contributed by atoms with E-state index in [1.807, 2.05) is 29.6 Å². The normalized spacial score (nSPS) is 15.8. The van der Waals surface area contributed by atoms with Gasteiger partial charge in [-0.1, -0.05) is 48.8 Å². The standard InChI is InChI=1S/C17H17N3OS2/c21-15(13-10-22-14-9-5-4-8-12(13)14)18-17-20-19-16(23-17)11-6-2-1-3-7-11/h4-5,8-11H,1-3,6-7H2,(H,18,20,21). The molecule has 4 nitrogen and oxygen atoms in total. The molecule has 3 aromatic rings. The van der Waals surface area contributed by atoms with Crippen LogP contribution >= 0.6 is 22.7 Å².